The first kappa shape index (κ1) is 35.3. The van der Waals surface area contributed by atoms with Gasteiger partial charge in [-0.15, -0.1) is 0 Å². The molecule has 4 aromatic rings. The number of aromatic amines is 2. The van der Waals surface area contributed by atoms with Crippen LogP contribution in [0.15, 0.2) is 60.9 Å². The van der Waals surface area contributed by atoms with Crippen LogP contribution < -0.4 is 15.5 Å². The molecule has 2 aliphatic heterocycles. The first-order chi connectivity index (χ1) is 24.3. The van der Waals surface area contributed by atoms with Crippen LogP contribution in [0.5, 0.6) is 0 Å². The smallest absolute Gasteiger partial charge is 0.242 e. The lowest BCUT2D eigenvalue weighted by Gasteiger charge is -2.31. The van der Waals surface area contributed by atoms with Crippen LogP contribution in [-0.2, 0) is 19.1 Å². The normalized spacial score (nSPS) is 18.9. The molecule has 50 heavy (non-hydrogen) atoms. The van der Waals surface area contributed by atoms with Crippen LogP contribution >= 0.6 is 0 Å². The molecule has 2 amide bonds. The molecule has 2 aromatic carbocycles. The second kappa shape index (κ2) is 16.0. The molecular formula is C37H48N8O5. The first-order valence-corrected chi connectivity index (χ1v) is 17.4. The van der Waals surface area contributed by atoms with Gasteiger partial charge >= 0.3 is 0 Å². The van der Waals surface area contributed by atoms with E-state index in [-0.39, 0.29) is 29.8 Å². The van der Waals surface area contributed by atoms with E-state index in [1.807, 2.05) is 36.0 Å². The molecule has 2 aliphatic rings. The van der Waals surface area contributed by atoms with Gasteiger partial charge in [0, 0.05) is 33.9 Å². The number of benzene rings is 2. The van der Waals surface area contributed by atoms with Crippen LogP contribution in [-0.4, -0.2) is 101 Å². The number of nitrogens with zero attached hydrogens (tertiary/aromatic N) is 4. The highest BCUT2D eigenvalue weighted by molar-refractivity contribution is 5.85. The number of aliphatic hydroxyl groups is 1. The number of anilines is 1. The minimum absolute atomic E-state index is 0.00183. The molecule has 0 bridgehead atoms. The second-order valence-corrected chi connectivity index (χ2v) is 13.3. The van der Waals surface area contributed by atoms with Gasteiger partial charge in [-0.1, -0.05) is 62.4 Å². The Kier molecular flexibility index (Phi) is 11.3. The molecule has 2 aromatic heterocycles. The largest absolute Gasteiger partial charge is 0.383 e. The van der Waals surface area contributed by atoms with Gasteiger partial charge in [0.05, 0.1) is 42.5 Å². The molecule has 0 spiro atoms. The fourth-order valence-electron chi connectivity index (χ4n) is 6.89. The Morgan fingerprint density at radius 1 is 0.900 bits per heavy atom. The first-order valence-electron chi connectivity index (χ1n) is 17.4. The third-order valence-electron chi connectivity index (χ3n) is 9.65. The molecule has 6 rings (SSSR count). The Morgan fingerprint density at radius 3 is 2.16 bits per heavy atom. The number of rotatable bonds is 14. The summed E-state index contributed by atoms with van der Waals surface area (Å²) >= 11 is 0. The van der Waals surface area contributed by atoms with Gasteiger partial charge in [-0.25, -0.2) is 9.97 Å². The topological polar surface area (TPSA) is 161 Å². The van der Waals surface area contributed by atoms with E-state index in [0.717, 1.165) is 71.7 Å². The van der Waals surface area contributed by atoms with Gasteiger partial charge in [-0.2, -0.15) is 0 Å². The third kappa shape index (κ3) is 7.76. The minimum atomic E-state index is -1.21. The van der Waals surface area contributed by atoms with Crippen LogP contribution in [0.4, 0.5) is 5.95 Å². The van der Waals surface area contributed by atoms with E-state index in [0.29, 0.717) is 25.6 Å². The van der Waals surface area contributed by atoms with Gasteiger partial charge < -0.3 is 39.7 Å². The van der Waals surface area contributed by atoms with Crippen molar-refractivity contribution in [2.24, 2.45) is 5.92 Å². The van der Waals surface area contributed by atoms with Crippen molar-refractivity contribution in [3.8, 4) is 33.6 Å². The SMILES string of the molecule is COCCNC(=O)C1CCCN1c1ncc(-c2ccc(-c3ccc(-c4cnc(C5CCCN5C(=O)C(NC(O)OC)C(C)C)[nH]4)cc3)cc2)[nH]1. The summed E-state index contributed by atoms with van der Waals surface area (Å²) in [5.74, 6) is 1.36. The van der Waals surface area contributed by atoms with Crippen molar-refractivity contribution in [1.29, 1.82) is 0 Å². The summed E-state index contributed by atoms with van der Waals surface area (Å²) in [6.45, 7) is 6.28. The van der Waals surface area contributed by atoms with Crippen LogP contribution in [0.1, 0.15) is 51.4 Å². The van der Waals surface area contributed by atoms with Crippen molar-refractivity contribution >= 4 is 17.8 Å². The molecule has 13 heteroatoms. The zero-order valence-electron chi connectivity index (χ0n) is 29.2. The number of hydrogen-bond acceptors (Lipinski definition) is 9. The van der Waals surface area contributed by atoms with Crippen molar-refractivity contribution in [2.75, 3.05) is 45.4 Å². The van der Waals surface area contributed by atoms with Crippen LogP contribution in [0.3, 0.4) is 0 Å². The van der Waals surface area contributed by atoms with Gasteiger partial charge in [-0.05, 0) is 53.9 Å². The fourth-order valence-corrected chi connectivity index (χ4v) is 6.89. The summed E-state index contributed by atoms with van der Waals surface area (Å²) < 4.78 is 10.00. The minimum Gasteiger partial charge on any atom is -0.383 e. The average Bonchev–Trinajstić information content (AvgIpc) is 3.97. The highest BCUT2D eigenvalue weighted by atomic mass is 16.6. The number of H-pyrrole nitrogens is 2. The summed E-state index contributed by atoms with van der Waals surface area (Å²) in [6.07, 6.45) is 5.86. The van der Waals surface area contributed by atoms with E-state index in [4.69, 9.17) is 9.47 Å². The average molecular weight is 685 g/mol. The summed E-state index contributed by atoms with van der Waals surface area (Å²) in [4.78, 5) is 46.3. The lowest BCUT2D eigenvalue weighted by atomic mass is 10.0. The highest BCUT2D eigenvalue weighted by Gasteiger charge is 2.37. The Hall–Kier alpha value is -4.56. The van der Waals surface area contributed by atoms with Crippen LogP contribution in [0.25, 0.3) is 33.6 Å². The van der Waals surface area contributed by atoms with Crippen LogP contribution in [0.2, 0.25) is 0 Å². The number of nitrogens with one attached hydrogen (secondary N) is 4. The van der Waals surface area contributed by atoms with E-state index < -0.39 is 12.5 Å². The molecule has 4 heterocycles. The molecule has 0 aliphatic carbocycles. The molecule has 13 nitrogen and oxygen atoms in total. The molecule has 2 saturated heterocycles. The maximum atomic E-state index is 13.5. The van der Waals surface area contributed by atoms with Crippen molar-refractivity contribution < 1.29 is 24.2 Å². The Morgan fingerprint density at radius 2 is 1.52 bits per heavy atom. The zero-order chi connectivity index (χ0) is 35.2. The van der Waals surface area contributed by atoms with Gasteiger partial charge in [0.15, 0.2) is 0 Å². The number of imidazole rings is 2. The summed E-state index contributed by atoms with van der Waals surface area (Å²) in [6, 6.07) is 15.7. The lowest BCUT2D eigenvalue weighted by Crippen LogP contribution is -2.52. The Labute approximate surface area is 292 Å². The van der Waals surface area contributed by atoms with Crippen LogP contribution in [0, 0.1) is 5.92 Å². The van der Waals surface area contributed by atoms with Crippen molar-refractivity contribution in [3.63, 3.8) is 0 Å². The lowest BCUT2D eigenvalue weighted by molar-refractivity contribution is -0.145. The molecule has 4 atom stereocenters. The summed E-state index contributed by atoms with van der Waals surface area (Å²) in [5.41, 5.74) is 5.97. The molecule has 4 unspecified atom stereocenters. The van der Waals surface area contributed by atoms with Gasteiger partial charge in [0.2, 0.25) is 24.2 Å². The molecule has 0 radical (unpaired) electrons. The Bertz CT molecular complexity index is 1720. The number of aromatic nitrogens is 4. The van der Waals surface area contributed by atoms with Crippen molar-refractivity contribution in [2.45, 2.75) is 64.1 Å². The second-order valence-electron chi connectivity index (χ2n) is 13.3. The number of amides is 2. The van der Waals surface area contributed by atoms with Crippen molar-refractivity contribution in [3.05, 3.63) is 66.7 Å². The van der Waals surface area contributed by atoms with E-state index in [2.05, 4.69) is 79.1 Å². The van der Waals surface area contributed by atoms with Gasteiger partial charge in [-0.3, -0.25) is 14.9 Å². The molecule has 266 valence electrons. The number of likely N-dealkylation sites (tertiary alicyclic amines) is 1. The predicted octanol–water partition coefficient (Wildman–Crippen LogP) is 4.07. The molecule has 0 saturated carbocycles. The highest BCUT2D eigenvalue weighted by Crippen LogP contribution is 2.34. The summed E-state index contributed by atoms with van der Waals surface area (Å²) in [5, 5.41) is 15.8. The van der Waals surface area contributed by atoms with Gasteiger partial charge in [0.1, 0.15) is 11.9 Å². The number of aliphatic hydroxyl groups excluding tert-OH is 1. The standard InChI is InChI=1S/C37H48N8O5/c1-23(2)32(43-37(48)50-4)35(47)44-18-5-7-30(44)33-39-21-28(41-33)26-13-9-24(10-14-26)25-11-15-27(16-12-25)29-22-40-36(42-29)45-19-6-8-31(45)34(46)38-17-20-49-3/h9-16,21-23,30-32,37,43,48H,5-8,17-20H2,1-4H3,(H,38,46)(H,39,41)(H,40,42). The Balaban J connectivity index is 1.09. The molecular weight excluding hydrogens is 636 g/mol. The number of carbonyl (C=O) groups excluding carboxylic acids is 2. The van der Waals surface area contributed by atoms with E-state index >= 15 is 0 Å². The zero-order valence-corrected chi connectivity index (χ0v) is 29.2. The number of ether oxygens (including phenoxy) is 2. The quantitative estimate of drug-likeness (QED) is 0.0975. The number of methoxy groups -OCH3 is 2. The third-order valence-corrected chi connectivity index (χ3v) is 9.65. The molecule has 2 fully saturated rings. The number of carbonyl (C=O) groups is 2. The summed E-state index contributed by atoms with van der Waals surface area (Å²) in [7, 11) is 3.01. The monoisotopic (exact) mass is 684 g/mol. The van der Waals surface area contributed by atoms with E-state index in [9.17, 15) is 14.7 Å². The maximum absolute atomic E-state index is 13.5. The fraction of sp³-hybridized carbons (Fsp3) is 0.459. The van der Waals surface area contributed by atoms with Crippen molar-refractivity contribution in [1.82, 2.24) is 35.5 Å². The molecule has 5 N–H and O–H groups in total. The van der Waals surface area contributed by atoms with E-state index in [1.54, 1.807) is 7.11 Å². The number of hydrogen-bond donors (Lipinski definition) is 5. The van der Waals surface area contributed by atoms with E-state index in [1.165, 1.54) is 7.11 Å². The predicted molar refractivity (Wildman–Crippen MR) is 191 cm³/mol. The van der Waals surface area contributed by atoms with Gasteiger partial charge in [0.25, 0.3) is 0 Å². The maximum Gasteiger partial charge on any atom is 0.242 e.